The van der Waals surface area contributed by atoms with Gasteiger partial charge in [0.1, 0.15) is 5.56 Å². The number of carbonyl (C=O) groups is 1. The van der Waals surface area contributed by atoms with Gasteiger partial charge < -0.3 is 20.1 Å². The lowest BCUT2D eigenvalue weighted by Gasteiger charge is -2.31. The summed E-state index contributed by atoms with van der Waals surface area (Å²) in [7, 11) is 3.16. The van der Waals surface area contributed by atoms with E-state index in [1.807, 2.05) is 0 Å². The van der Waals surface area contributed by atoms with Crippen LogP contribution in [0.25, 0.3) is 0 Å². The van der Waals surface area contributed by atoms with Crippen LogP contribution in [-0.2, 0) is 4.74 Å². The fourth-order valence-corrected chi connectivity index (χ4v) is 2.22. The van der Waals surface area contributed by atoms with Crippen LogP contribution >= 0.6 is 0 Å². The number of amides is 1. The summed E-state index contributed by atoms with van der Waals surface area (Å²) in [6.45, 7) is 1.61. The molecule has 1 fully saturated rings. The minimum atomic E-state index is -0.182. The molecule has 1 saturated heterocycles. The predicted octanol–water partition coefficient (Wildman–Crippen LogP) is 0.197. The molecule has 0 radical (unpaired) electrons. The predicted molar refractivity (Wildman–Crippen MR) is 70.3 cm³/mol. The molecule has 2 unspecified atom stereocenters. The highest BCUT2D eigenvalue weighted by Crippen LogP contribution is 2.15. The molecule has 0 saturated carbocycles. The van der Waals surface area contributed by atoms with Crippen molar-refractivity contribution in [3.63, 3.8) is 0 Å². The van der Waals surface area contributed by atoms with Crippen LogP contribution in [0.1, 0.15) is 16.8 Å². The Labute approximate surface area is 112 Å². The van der Waals surface area contributed by atoms with E-state index in [4.69, 9.17) is 9.47 Å². The highest BCUT2D eigenvalue weighted by atomic mass is 16.5. The maximum absolute atomic E-state index is 12.2. The number of piperidine rings is 1. The van der Waals surface area contributed by atoms with Crippen LogP contribution in [0, 0.1) is 0 Å². The van der Waals surface area contributed by atoms with E-state index in [9.17, 15) is 4.79 Å². The zero-order valence-electron chi connectivity index (χ0n) is 11.2. The van der Waals surface area contributed by atoms with E-state index in [2.05, 4.69) is 15.6 Å². The summed E-state index contributed by atoms with van der Waals surface area (Å²) < 4.78 is 10.5. The summed E-state index contributed by atoms with van der Waals surface area (Å²) in [4.78, 5) is 16.3. The van der Waals surface area contributed by atoms with Crippen molar-refractivity contribution < 1.29 is 14.3 Å². The Hall–Kier alpha value is -1.66. The van der Waals surface area contributed by atoms with Crippen LogP contribution < -0.4 is 15.4 Å². The summed E-state index contributed by atoms with van der Waals surface area (Å²) in [5, 5.41) is 6.22. The molecule has 1 aliphatic heterocycles. The molecule has 0 aromatic carbocycles. The van der Waals surface area contributed by atoms with Crippen molar-refractivity contribution in [2.24, 2.45) is 0 Å². The molecule has 1 amide bonds. The Bertz CT molecular complexity index is 439. The fourth-order valence-electron chi connectivity index (χ4n) is 2.22. The molecule has 19 heavy (non-hydrogen) atoms. The van der Waals surface area contributed by atoms with E-state index < -0.39 is 0 Å². The van der Waals surface area contributed by atoms with Crippen LogP contribution in [0.15, 0.2) is 18.3 Å². The average Bonchev–Trinajstić information content (AvgIpc) is 2.47. The van der Waals surface area contributed by atoms with Gasteiger partial charge in [-0.05, 0) is 25.1 Å². The number of ether oxygens (including phenoxy) is 2. The third-order valence-electron chi connectivity index (χ3n) is 3.25. The van der Waals surface area contributed by atoms with Crippen molar-refractivity contribution in [1.82, 2.24) is 15.6 Å². The van der Waals surface area contributed by atoms with Crippen LogP contribution in [0.4, 0.5) is 0 Å². The third kappa shape index (κ3) is 3.21. The second-order valence-electron chi connectivity index (χ2n) is 4.41. The molecule has 104 valence electrons. The number of carbonyl (C=O) groups excluding carboxylic acids is 1. The van der Waals surface area contributed by atoms with Gasteiger partial charge in [0, 0.05) is 19.9 Å². The Morgan fingerprint density at radius 1 is 1.53 bits per heavy atom. The quantitative estimate of drug-likeness (QED) is 0.813. The molecule has 6 heteroatoms. The van der Waals surface area contributed by atoms with E-state index in [0.29, 0.717) is 11.4 Å². The molecule has 2 rings (SSSR count). The van der Waals surface area contributed by atoms with Gasteiger partial charge in [0.15, 0.2) is 0 Å². The smallest absolute Gasteiger partial charge is 0.257 e. The second-order valence-corrected chi connectivity index (χ2v) is 4.41. The lowest BCUT2D eigenvalue weighted by atomic mass is 10.0. The van der Waals surface area contributed by atoms with Crippen molar-refractivity contribution in [2.75, 3.05) is 27.3 Å². The maximum atomic E-state index is 12.2. The fraction of sp³-hybridized carbons (Fsp3) is 0.538. The molecule has 1 aliphatic rings. The number of methoxy groups -OCH3 is 2. The Kier molecular flexibility index (Phi) is 4.70. The molecule has 0 aliphatic carbocycles. The van der Waals surface area contributed by atoms with Gasteiger partial charge in [-0.1, -0.05) is 0 Å². The summed E-state index contributed by atoms with van der Waals surface area (Å²) >= 11 is 0. The summed E-state index contributed by atoms with van der Waals surface area (Å²) in [5.41, 5.74) is 0.443. The molecule has 6 nitrogen and oxygen atoms in total. The molecule has 2 heterocycles. The van der Waals surface area contributed by atoms with Gasteiger partial charge in [-0.25, -0.2) is 4.98 Å². The Balaban J connectivity index is 2.07. The number of pyridine rings is 1. The zero-order chi connectivity index (χ0) is 13.7. The van der Waals surface area contributed by atoms with Gasteiger partial charge in [-0.15, -0.1) is 0 Å². The molecular weight excluding hydrogens is 246 g/mol. The van der Waals surface area contributed by atoms with Gasteiger partial charge in [0.2, 0.25) is 5.88 Å². The highest BCUT2D eigenvalue weighted by Gasteiger charge is 2.27. The van der Waals surface area contributed by atoms with Crippen molar-refractivity contribution in [1.29, 1.82) is 0 Å². The van der Waals surface area contributed by atoms with Crippen molar-refractivity contribution in [2.45, 2.75) is 18.6 Å². The molecule has 1 aromatic heterocycles. The van der Waals surface area contributed by atoms with Gasteiger partial charge >= 0.3 is 0 Å². The van der Waals surface area contributed by atoms with E-state index in [0.717, 1.165) is 19.5 Å². The normalized spacial score (nSPS) is 22.8. The first kappa shape index (κ1) is 13.8. The number of nitrogens with one attached hydrogen (secondary N) is 2. The second kappa shape index (κ2) is 6.49. The number of hydrogen-bond donors (Lipinski definition) is 2. The Morgan fingerprint density at radius 3 is 3.11 bits per heavy atom. The Morgan fingerprint density at radius 2 is 2.37 bits per heavy atom. The van der Waals surface area contributed by atoms with Gasteiger partial charge in [0.25, 0.3) is 5.91 Å². The summed E-state index contributed by atoms with van der Waals surface area (Å²) in [6, 6.07) is 3.42. The van der Waals surface area contributed by atoms with Crippen molar-refractivity contribution >= 4 is 5.91 Å². The van der Waals surface area contributed by atoms with Crippen LogP contribution in [-0.4, -0.2) is 50.3 Å². The van der Waals surface area contributed by atoms with Crippen LogP contribution in [0.3, 0.4) is 0 Å². The number of rotatable bonds is 4. The lowest BCUT2D eigenvalue weighted by Crippen LogP contribution is -2.53. The summed E-state index contributed by atoms with van der Waals surface area (Å²) in [5.74, 6) is 0.154. The minimum Gasteiger partial charge on any atom is -0.480 e. The number of aromatic nitrogens is 1. The summed E-state index contributed by atoms with van der Waals surface area (Å²) in [6.07, 6.45) is 2.42. The highest BCUT2D eigenvalue weighted by molar-refractivity contribution is 5.96. The lowest BCUT2D eigenvalue weighted by molar-refractivity contribution is 0.0475. The van der Waals surface area contributed by atoms with Gasteiger partial charge in [0.05, 0.1) is 19.3 Å². The average molecular weight is 265 g/mol. The third-order valence-corrected chi connectivity index (χ3v) is 3.25. The standard InChI is InChI=1S/C13H19N3O3/c1-18-11-8-14-7-5-10(11)16-12(17)9-4-3-6-15-13(9)19-2/h3-4,6,10-11,14H,5,7-8H2,1-2H3,(H,16,17). The molecule has 0 bridgehead atoms. The first-order valence-electron chi connectivity index (χ1n) is 6.29. The topological polar surface area (TPSA) is 72.5 Å². The molecular formula is C13H19N3O3. The first-order chi connectivity index (χ1) is 9.26. The van der Waals surface area contributed by atoms with Crippen LogP contribution in [0.5, 0.6) is 5.88 Å². The van der Waals surface area contributed by atoms with Crippen molar-refractivity contribution in [3.8, 4) is 5.88 Å². The number of hydrogen-bond acceptors (Lipinski definition) is 5. The number of nitrogens with zero attached hydrogens (tertiary/aromatic N) is 1. The van der Waals surface area contributed by atoms with Gasteiger partial charge in [-0.2, -0.15) is 0 Å². The largest absolute Gasteiger partial charge is 0.480 e. The van der Waals surface area contributed by atoms with E-state index >= 15 is 0 Å². The maximum Gasteiger partial charge on any atom is 0.257 e. The zero-order valence-corrected chi connectivity index (χ0v) is 11.2. The minimum absolute atomic E-state index is 0.00339. The first-order valence-corrected chi connectivity index (χ1v) is 6.29. The SMILES string of the molecule is COc1ncccc1C(=O)NC1CCNCC1OC. The molecule has 0 spiro atoms. The van der Waals surface area contributed by atoms with Crippen LogP contribution in [0.2, 0.25) is 0 Å². The molecule has 2 N–H and O–H groups in total. The monoisotopic (exact) mass is 265 g/mol. The van der Waals surface area contributed by atoms with E-state index in [-0.39, 0.29) is 18.1 Å². The molecule has 1 aromatic rings. The van der Waals surface area contributed by atoms with Crippen molar-refractivity contribution in [3.05, 3.63) is 23.9 Å². The molecule has 2 atom stereocenters. The van der Waals surface area contributed by atoms with E-state index in [1.54, 1.807) is 25.4 Å². The van der Waals surface area contributed by atoms with E-state index in [1.165, 1.54) is 7.11 Å². The van der Waals surface area contributed by atoms with Gasteiger partial charge in [-0.3, -0.25) is 4.79 Å².